The molecule has 0 spiro atoms. The first-order chi connectivity index (χ1) is 12.1. The van der Waals surface area contributed by atoms with Crippen molar-refractivity contribution in [1.82, 2.24) is 14.9 Å². The first kappa shape index (κ1) is 17.4. The summed E-state index contributed by atoms with van der Waals surface area (Å²) in [5.74, 6) is 0.547. The van der Waals surface area contributed by atoms with Gasteiger partial charge in [0, 0.05) is 44.2 Å². The van der Waals surface area contributed by atoms with Crippen molar-refractivity contribution < 1.29 is 13.9 Å². The molecule has 3 rings (SSSR count). The summed E-state index contributed by atoms with van der Waals surface area (Å²) in [4.78, 5) is 16.5. The third-order valence-electron chi connectivity index (χ3n) is 4.46. The Labute approximate surface area is 146 Å². The summed E-state index contributed by atoms with van der Waals surface area (Å²) in [6.07, 6.45) is 5.47. The van der Waals surface area contributed by atoms with Gasteiger partial charge in [-0.2, -0.15) is 0 Å². The van der Waals surface area contributed by atoms with Crippen molar-refractivity contribution in [3.05, 3.63) is 47.8 Å². The number of anilines is 1. The fraction of sp³-hybridized carbons (Fsp3) is 0.444. The van der Waals surface area contributed by atoms with Crippen LogP contribution in [0.15, 0.2) is 30.6 Å². The van der Waals surface area contributed by atoms with Gasteiger partial charge >= 0.3 is 6.03 Å². The van der Waals surface area contributed by atoms with Crippen LogP contribution in [0.1, 0.15) is 37.3 Å². The number of rotatable bonds is 4. The molecule has 2 aromatic rings. The molecule has 1 fully saturated rings. The number of aromatic nitrogens is 2. The van der Waals surface area contributed by atoms with Gasteiger partial charge in [-0.1, -0.05) is 13.0 Å². The van der Waals surface area contributed by atoms with E-state index in [2.05, 4.69) is 15.6 Å². The third kappa shape index (κ3) is 4.17. The minimum Gasteiger partial charge on any atom is -0.370 e. The number of urea groups is 1. The van der Waals surface area contributed by atoms with Crippen molar-refractivity contribution in [1.29, 1.82) is 0 Å². The smallest absolute Gasteiger partial charge is 0.319 e. The number of halogens is 1. The zero-order chi connectivity index (χ0) is 17.8. The Kier molecular flexibility index (Phi) is 5.33. The fourth-order valence-electron chi connectivity index (χ4n) is 3.06. The standard InChI is InChI=1S/C18H23FN4O2/c1-3-12-4-5-13(10-15(12)19)21-18(24)22-14-6-9-25-16(11-14)17-20-7-8-23(17)2/h4-5,7-8,10,14,16H,3,6,9,11H2,1-2H3,(H2,21,22,24)/t14-,16-/m1/s1. The van der Waals surface area contributed by atoms with Gasteiger partial charge in [0.25, 0.3) is 0 Å². The van der Waals surface area contributed by atoms with Crippen LogP contribution in [0.4, 0.5) is 14.9 Å². The highest BCUT2D eigenvalue weighted by molar-refractivity contribution is 5.89. The van der Waals surface area contributed by atoms with Crippen molar-refractivity contribution in [2.24, 2.45) is 7.05 Å². The quantitative estimate of drug-likeness (QED) is 0.893. The SMILES string of the molecule is CCc1ccc(NC(=O)N[C@@H]2CCO[C@@H](c3nccn3C)C2)cc1F. The monoisotopic (exact) mass is 346 g/mol. The lowest BCUT2D eigenvalue weighted by Crippen LogP contribution is -2.42. The lowest BCUT2D eigenvalue weighted by Gasteiger charge is -2.29. The second-order valence-corrected chi connectivity index (χ2v) is 6.24. The zero-order valence-corrected chi connectivity index (χ0v) is 14.5. The van der Waals surface area contributed by atoms with Gasteiger partial charge in [-0.05, 0) is 30.5 Å². The van der Waals surface area contributed by atoms with E-state index in [0.29, 0.717) is 30.7 Å². The lowest BCUT2D eigenvalue weighted by atomic mass is 10.0. The van der Waals surface area contributed by atoms with E-state index in [1.165, 1.54) is 6.07 Å². The number of hydrogen-bond donors (Lipinski definition) is 2. The van der Waals surface area contributed by atoms with Gasteiger partial charge in [-0.25, -0.2) is 14.2 Å². The molecule has 0 aliphatic carbocycles. The Hall–Kier alpha value is -2.41. The number of nitrogens with one attached hydrogen (secondary N) is 2. The largest absolute Gasteiger partial charge is 0.370 e. The molecule has 0 unspecified atom stereocenters. The van der Waals surface area contributed by atoms with Crippen LogP contribution in [0.3, 0.4) is 0 Å². The van der Waals surface area contributed by atoms with Crippen LogP contribution in [0, 0.1) is 5.82 Å². The number of imidazole rings is 1. The minimum absolute atomic E-state index is 0.0183. The van der Waals surface area contributed by atoms with E-state index in [-0.39, 0.29) is 24.0 Å². The second kappa shape index (κ2) is 7.65. The molecule has 2 amide bonds. The summed E-state index contributed by atoms with van der Waals surface area (Å²) in [6.45, 7) is 2.45. The summed E-state index contributed by atoms with van der Waals surface area (Å²) in [5, 5.41) is 5.63. The topological polar surface area (TPSA) is 68.2 Å². The number of carbonyl (C=O) groups is 1. The van der Waals surface area contributed by atoms with Gasteiger partial charge in [0.2, 0.25) is 0 Å². The highest BCUT2D eigenvalue weighted by Crippen LogP contribution is 2.26. The molecule has 1 aliphatic rings. The fourth-order valence-corrected chi connectivity index (χ4v) is 3.06. The second-order valence-electron chi connectivity index (χ2n) is 6.24. The van der Waals surface area contributed by atoms with Crippen molar-refractivity contribution in [2.75, 3.05) is 11.9 Å². The van der Waals surface area contributed by atoms with Crippen molar-refractivity contribution in [2.45, 2.75) is 38.3 Å². The molecule has 2 atom stereocenters. The molecule has 25 heavy (non-hydrogen) atoms. The van der Waals surface area contributed by atoms with Gasteiger partial charge in [0.15, 0.2) is 0 Å². The van der Waals surface area contributed by atoms with Gasteiger partial charge in [0.1, 0.15) is 17.7 Å². The van der Waals surface area contributed by atoms with E-state index >= 15 is 0 Å². The number of ether oxygens (including phenoxy) is 1. The number of hydrogen-bond acceptors (Lipinski definition) is 3. The van der Waals surface area contributed by atoms with Crippen LogP contribution in [-0.4, -0.2) is 28.2 Å². The minimum atomic E-state index is -0.339. The predicted octanol–water partition coefficient (Wildman–Crippen LogP) is 3.16. The molecule has 1 aromatic carbocycles. The summed E-state index contributed by atoms with van der Waals surface area (Å²) >= 11 is 0. The molecule has 7 heteroatoms. The van der Waals surface area contributed by atoms with Crippen LogP contribution in [-0.2, 0) is 18.2 Å². The van der Waals surface area contributed by atoms with Gasteiger partial charge < -0.3 is 19.9 Å². The zero-order valence-electron chi connectivity index (χ0n) is 14.5. The maximum atomic E-state index is 13.8. The number of amides is 2. The van der Waals surface area contributed by atoms with Crippen molar-refractivity contribution in [3.63, 3.8) is 0 Å². The first-order valence-electron chi connectivity index (χ1n) is 8.51. The Morgan fingerprint density at radius 2 is 2.32 bits per heavy atom. The maximum absolute atomic E-state index is 13.8. The van der Waals surface area contributed by atoms with E-state index in [1.807, 2.05) is 24.7 Å². The average Bonchev–Trinajstić information content (AvgIpc) is 3.01. The van der Waals surface area contributed by atoms with Gasteiger partial charge in [-0.3, -0.25) is 0 Å². The molecule has 2 N–H and O–H groups in total. The van der Waals surface area contributed by atoms with Gasteiger partial charge in [-0.15, -0.1) is 0 Å². The van der Waals surface area contributed by atoms with Crippen LogP contribution >= 0.6 is 0 Å². The summed E-state index contributed by atoms with van der Waals surface area (Å²) < 4.78 is 21.5. The molecular weight excluding hydrogens is 323 g/mol. The van der Waals surface area contributed by atoms with E-state index in [4.69, 9.17) is 4.74 Å². The third-order valence-corrected chi connectivity index (χ3v) is 4.46. The van der Waals surface area contributed by atoms with E-state index in [9.17, 15) is 9.18 Å². The van der Waals surface area contributed by atoms with Crippen LogP contribution < -0.4 is 10.6 Å². The number of nitrogens with zero attached hydrogens (tertiary/aromatic N) is 2. The Morgan fingerprint density at radius 3 is 3.00 bits per heavy atom. The summed E-state index contributed by atoms with van der Waals surface area (Å²) in [7, 11) is 1.92. The molecule has 1 aliphatic heterocycles. The first-order valence-corrected chi connectivity index (χ1v) is 8.51. The van der Waals surface area contributed by atoms with Crippen molar-refractivity contribution >= 4 is 11.7 Å². The molecule has 0 radical (unpaired) electrons. The molecule has 2 heterocycles. The molecule has 134 valence electrons. The molecule has 0 saturated carbocycles. The van der Waals surface area contributed by atoms with Crippen molar-refractivity contribution in [3.8, 4) is 0 Å². The van der Waals surface area contributed by atoms with Gasteiger partial charge in [0.05, 0.1) is 0 Å². The normalized spacial score (nSPS) is 20.3. The summed E-state index contributed by atoms with van der Waals surface area (Å²) in [6, 6.07) is 4.39. The Bertz CT molecular complexity index is 746. The van der Waals surface area contributed by atoms with Crippen LogP contribution in [0.2, 0.25) is 0 Å². The average molecular weight is 346 g/mol. The maximum Gasteiger partial charge on any atom is 0.319 e. The molecule has 0 bridgehead atoms. The Balaban J connectivity index is 1.57. The predicted molar refractivity (Wildman–Crippen MR) is 92.9 cm³/mol. The number of benzene rings is 1. The molecule has 1 aromatic heterocycles. The van der Waals surface area contributed by atoms with E-state index in [1.54, 1.807) is 18.3 Å². The Morgan fingerprint density at radius 1 is 1.48 bits per heavy atom. The van der Waals surface area contributed by atoms with Crippen LogP contribution in [0.25, 0.3) is 0 Å². The molecular formula is C18H23FN4O2. The van der Waals surface area contributed by atoms with E-state index in [0.717, 1.165) is 12.2 Å². The van der Waals surface area contributed by atoms with E-state index < -0.39 is 0 Å². The highest BCUT2D eigenvalue weighted by Gasteiger charge is 2.27. The number of aryl methyl sites for hydroxylation is 2. The molecule has 1 saturated heterocycles. The number of carbonyl (C=O) groups excluding carboxylic acids is 1. The highest BCUT2D eigenvalue weighted by atomic mass is 19.1. The molecule has 6 nitrogen and oxygen atoms in total. The lowest BCUT2D eigenvalue weighted by molar-refractivity contribution is -0.00410. The van der Waals surface area contributed by atoms with Crippen LogP contribution in [0.5, 0.6) is 0 Å². The summed E-state index contributed by atoms with van der Waals surface area (Å²) in [5.41, 5.74) is 1.08.